The van der Waals surface area contributed by atoms with E-state index in [1.165, 1.54) is 0 Å². The summed E-state index contributed by atoms with van der Waals surface area (Å²) in [6, 6.07) is 1.68. The second kappa shape index (κ2) is 31.1. The van der Waals surface area contributed by atoms with E-state index in [9.17, 15) is 0 Å². The van der Waals surface area contributed by atoms with Crippen LogP contribution >= 0.6 is 0 Å². The van der Waals surface area contributed by atoms with E-state index in [2.05, 4.69) is 62.3 Å². The topological polar surface area (TPSA) is 86.4 Å². The molecule has 46 heavy (non-hydrogen) atoms. The van der Waals surface area contributed by atoms with Gasteiger partial charge in [0.25, 0.3) is 0 Å². The van der Waals surface area contributed by atoms with Crippen LogP contribution < -0.4 is 0 Å². The highest BCUT2D eigenvalue weighted by Gasteiger charge is 2.42. The summed E-state index contributed by atoms with van der Waals surface area (Å²) in [5.41, 5.74) is 0. The molecule has 0 aliphatic carbocycles. The summed E-state index contributed by atoms with van der Waals surface area (Å²) < 4.78 is 53.8. The molecule has 1 rings (SSSR count). The highest BCUT2D eigenvalue weighted by atomic mass is 28.4. The molecule has 0 saturated carbocycles. The van der Waals surface area contributed by atoms with Crippen molar-refractivity contribution in [3.05, 3.63) is 0 Å². The number of rotatable bonds is 33. The molecule has 0 aromatic carbocycles. The smallest absolute Gasteiger partial charge is 0.379 e. The molecule has 11 heteroatoms. The zero-order valence-electron chi connectivity index (χ0n) is 31.7. The average Bonchev–Trinajstić information content (AvgIpc) is 3.90. The lowest BCUT2D eigenvalue weighted by Gasteiger charge is -2.31. The zero-order chi connectivity index (χ0) is 34.4. The number of epoxide rings is 1. The van der Waals surface area contributed by atoms with Crippen LogP contribution in [0.3, 0.4) is 0 Å². The van der Waals surface area contributed by atoms with Gasteiger partial charge in [0, 0.05) is 58.3 Å². The molecule has 1 aliphatic heterocycles. The van der Waals surface area contributed by atoms with Crippen molar-refractivity contribution in [1.29, 1.82) is 0 Å². The molecule has 0 radical (unpaired) electrons. The van der Waals surface area contributed by atoms with Gasteiger partial charge in [0.15, 0.2) is 0 Å². The molecule has 1 aliphatic rings. The predicted molar refractivity (Wildman–Crippen MR) is 193 cm³/mol. The third-order valence-electron chi connectivity index (χ3n) is 7.33. The fourth-order valence-electron chi connectivity index (χ4n) is 4.25. The van der Waals surface area contributed by atoms with Crippen LogP contribution in [-0.2, 0) is 40.8 Å². The van der Waals surface area contributed by atoms with Crippen LogP contribution in [0, 0.1) is 0 Å². The SMILES string of the molecule is CCCCO[Si](CCC(C)OCCC)(OCCCC)OCCCC.CCCO[Si](CCC(C)OCC1CO1)(OCCC)OCCC. The Balaban J connectivity index is 0.000000883. The van der Waals surface area contributed by atoms with Gasteiger partial charge >= 0.3 is 17.6 Å². The molecule has 0 N–H and O–H groups in total. The van der Waals surface area contributed by atoms with Crippen molar-refractivity contribution in [3.8, 4) is 0 Å². The van der Waals surface area contributed by atoms with Crippen molar-refractivity contribution in [2.45, 2.75) is 170 Å². The van der Waals surface area contributed by atoms with Crippen LogP contribution in [0.15, 0.2) is 0 Å². The van der Waals surface area contributed by atoms with Crippen LogP contribution in [0.25, 0.3) is 0 Å². The third kappa shape index (κ3) is 25.1. The minimum absolute atomic E-state index is 0.178. The van der Waals surface area contributed by atoms with Crippen LogP contribution in [-0.4, -0.2) is 95.4 Å². The Morgan fingerprint density at radius 2 is 0.848 bits per heavy atom. The molecular weight excluding hydrogens is 621 g/mol. The zero-order valence-corrected chi connectivity index (χ0v) is 33.7. The van der Waals surface area contributed by atoms with Gasteiger partial charge in [-0.3, -0.25) is 0 Å². The molecule has 1 heterocycles. The van der Waals surface area contributed by atoms with Crippen LogP contribution in [0.4, 0.5) is 0 Å². The van der Waals surface area contributed by atoms with Gasteiger partial charge in [-0.2, -0.15) is 0 Å². The van der Waals surface area contributed by atoms with Crippen molar-refractivity contribution < 1.29 is 40.8 Å². The number of hydrogen-bond donors (Lipinski definition) is 0. The van der Waals surface area contributed by atoms with Gasteiger partial charge in [-0.05, 0) is 71.6 Å². The fourth-order valence-corrected chi connectivity index (χ4v) is 10.1. The van der Waals surface area contributed by atoms with Crippen molar-refractivity contribution in [3.63, 3.8) is 0 Å². The lowest BCUT2D eigenvalue weighted by Crippen LogP contribution is -2.47. The average molecular weight is 697 g/mol. The van der Waals surface area contributed by atoms with E-state index in [1.54, 1.807) is 0 Å². The van der Waals surface area contributed by atoms with Gasteiger partial charge in [0.05, 0.1) is 25.4 Å². The summed E-state index contributed by atoms with van der Waals surface area (Å²) >= 11 is 0. The van der Waals surface area contributed by atoms with Gasteiger partial charge < -0.3 is 40.8 Å². The molecule has 0 amide bonds. The van der Waals surface area contributed by atoms with E-state index < -0.39 is 17.6 Å². The molecule has 278 valence electrons. The van der Waals surface area contributed by atoms with E-state index in [4.69, 9.17) is 40.8 Å². The molecule has 3 atom stereocenters. The van der Waals surface area contributed by atoms with Crippen LogP contribution in [0.2, 0.25) is 12.1 Å². The first-order chi connectivity index (χ1) is 22.3. The summed E-state index contributed by atoms with van der Waals surface area (Å²) in [5, 5.41) is 0. The Morgan fingerprint density at radius 3 is 1.17 bits per heavy atom. The maximum absolute atomic E-state index is 6.26. The van der Waals surface area contributed by atoms with Crippen LogP contribution in [0.1, 0.15) is 139 Å². The Hall–Kier alpha value is 0.0738. The first-order valence-corrected chi connectivity index (χ1v) is 22.8. The molecule has 0 bridgehead atoms. The highest BCUT2D eigenvalue weighted by molar-refractivity contribution is 6.61. The second-order valence-corrected chi connectivity index (χ2v) is 17.8. The monoisotopic (exact) mass is 697 g/mol. The quantitative estimate of drug-likeness (QED) is 0.0379. The van der Waals surface area contributed by atoms with E-state index in [0.29, 0.717) is 32.5 Å². The summed E-state index contributed by atoms with van der Waals surface area (Å²) in [6.45, 7) is 25.9. The third-order valence-corrected chi connectivity index (χ3v) is 13.0. The summed E-state index contributed by atoms with van der Waals surface area (Å²) in [6.07, 6.45) is 13.1. The summed E-state index contributed by atoms with van der Waals surface area (Å²) in [7, 11) is -5.16. The van der Waals surface area contributed by atoms with Crippen molar-refractivity contribution in [1.82, 2.24) is 0 Å². The molecule has 0 spiro atoms. The Morgan fingerprint density at radius 1 is 0.500 bits per heavy atom. The number of unbranched alkanes of at least 4 members (excludes halogenated alkanes) is 3. The number of ether oxygens (including phenoxy) is 3. The van der Waals surface area contributed by atoms with Gasteiger partial charge in [0.2, 0.25) is 0 Å². The highest BCUT2D eigenvalue weighted by Crippen LogP contribution is 2.23. The van der Waals surface area contributed by atoms with Gasteiger partial charge in [0.1, 0.15) is 6.10 Å². The van der Waals surface area contributed by atoms with Gasteiger partial charge in [-0.1, -0.05) is 67.7 Å². The minimum Gasteiger partial charge on any atom is -0.379 e. The Bertz CT molecular complexity index is 595. The van der Waals surface area contributed by atoms with E-state index in [-0.39, 0.29) is 12.2 Å². The second-order valence-electron chi connectivity index (χ2n) is 12.4. The Kier molecular flexibility index (Phi) is 31.1. The lowest BCUT2D eigenvalue weighted by atomic mass is 10.3. The van der Waals surface area contributed by atoms with Crippen molar-refractivity contribution in [2.24, 2.45) is 0 Å². The molecular formula is C35H76O9Si2. The van der Waals surface area contributed by atoms with Crippen molar-refractivity contribution >= 4 is 17.6 Å². The van der Waals surface area contributed by atoms with E-state index in [1.807, 2.05) is 0 Å². The Labute approximate surface area is 287 Å². The summed E-state index contributed by atoms with van der Waals surface area (Å²) in [5.74, 6) is 0. The van der Waals surface area contributed by atoms with Gasteiger partial charge in [-0.25, -0.2) is 0 Å². The van der Waals surface area contributed by atoms with Crippen LogP contribution in [0.5, 0.6) is 0 Å². The maximum Gasteiger partial charge on any atom is 0.501 e. The van der Waals surface area contributed by atoms with E-state index in [0.717, 1.165) is 122 Å². The van der Waals surface area contributed by atoms with Crippen molar-refractivity contribution in [2.75, 3.05) is 59.5 Å². The first-order valence-electron chi connectivity index (χ1n) is 19.0. The molecule has 1 fully saturated rings. The molecule has 0 aromatic heterocycles. The first kappa shape index (κ1) is 46.1. The largest absolute Gasteiger partial charge is 0.501 e. The maximum atomic E-state index is 6.26. The lowest BCUT2D eigenvalue weighted by molar-refractivity contribution is 0.0347. The standard InChI is InChI=1S/C19H42O4Si.C16H34O5Si/c1-6-10-15-21-24(22-16-11-7-2,23-17-12-8-3)18-13-19(5)20-14-9-4;1-5-9-19-22(20-10-6-2,21-11-7-3)12-8-15(4)17-13-16-14-18-16/h19H,6-18H2,1-5H3;15-16H,5-14H2,1-4H3. The van der Waals surface area contributed by atoms with E-state index >= 15 is 0 Å². The molecule has 3 unspecified atom stereocenters. The molecule has 1 saturated heterocycles. The normalized spacial score (nSPS) is 16.2. The molecule has 0 aromatic rings. The molecule has 9 nitrogen and oxygen atoms in total. The fraction of sp³-hybridized carbons (Fsp3) is 1.00. The predicted octanol–water partition coefficient (Wildman–Crippen LogP) is 8.98. The van der Waals surface area contributed by atoms with Gasteiger partial charge in [-0.15, -0.1) is 0 Å². The summed E-state index contributed by atoms with van der Waals surface area (Å²) in [4.78, 5) is 0. The number of hydrogen-bond acceptors (Lipinski definition) is 9. The minimum atomic E-state index is -2.59.